The summed E-state index contributed by atoms with van der Waals surface area (Å²) >= 11 is 6.33. The number of carbonyl (C=O) groups excluding carboxylic acids is 1. The molecule has 1 amide bonds. The number of amides is 1. The van der Waals surface area contributed by atoms with Gasteiger partial charge in [0, 0.05) is 43.0 Å². The van der Waals surface area contributed by atoms with Crippen molar-refractivity contribution in [3.63, 3.8) is 0 Å². The second-order valence-corrected chi connectivity index (χ2v) is 5.89. The summed E-state index contributed by atoms with van der Waals surface area (Å²) < 4.78 is 0. The monoisotopic (exact) mass is 330 g/mol. The molecule has 1 fully saturated rings. The van der Waals surface area contributed by atoms with Crippen LogP contribution in [-0.2, 0) is 6.54 Å². The molecule has 1 atom stereocenters. The van der Waals surface area contributed by atoms with Gasteiger partial charge in [-0.3, -0.25) is 9.78 Å². The lowest BCUT2D eigenvalue weighted by atomic mass is 10.0. The summed E-state index contributed by atoms with van der Waals surface area (Å²) in [5.41, 5.74) is 7.90. The van der Waals surface area contributed by atoms with Crippen LogP contribution in [0.25, 0.3) is 0 Å². The lowest BCUT2D eigenvalue weighted by Gasteiger charge is -2.37. The highest BCUT2D eigenvalue weighted by molar-refractivity contribution is 6.31. The Morgan fingerprint density at radius 3 is 3.00 bits per heavy atom. The van der Waals surface area contributed by atoms with Gasteiger partial charge in [-0.25, -0.2) is 0 Å². The van der Waals surface area contributed by atoms with Crippen LogP contribution in [0.1, 0.15) is 27.7 Å². The number of nitrogens with one attached hydrogen (secondary N) is 1. The second kappa shape index (κ2) is 7.08. The summed E-state index contributed by atoms with van der Waals surface area (Å²) in [6.07, 6.45) is 1.63. The molecular formula is C17H19ClN4O. The summed E-state index contributed by atoms with van der Waals surface area (Å²) in [5, 5.41) is 4.01. The zero-order chi connectivity index (χ0) is 16.2. The first kappa shape index (κ1) is 15.9. The van der Waals surface area contributed by atoms with E-state index in [0.29, 0.717) is 35.9 Å². The minimum absolute atomic E-state index is 0.0199. The maximum Gasteiger partial charge on any atom is 0.254 e. The number of piperazine rings is 1. The first-order chi connectivity index (χ1) is 11.2. The molecule has 1 aliphatic rings. The zero-order valence-electron chi connectivity index (χ0n) is 12.7. The molecule has 0 spiro atoms. The van der Waals surface area contributed by atoms with E-state index in [-0.39, 0.29) is 11.9 Å². The van der Waals surface area contributed by atoms with E-state index in [1.165, 1.54) is 0 Å². The van der Waals surface area contributed by atoms with Crippen LogP contribution in [0.4, 0.5) is 0 Å². The van der Waals surface area contributed by atoms with Crippen molar-refractivity contribution in [2.24, 2.45) is 5.73 Å². The maximum atomic E-state index is 12.9. The van der Waals surface area contributed by atoms with E-state index in [0.717, 1.165) is 12.1 Å². The molecule has 1 saturated heterocycles. The number of rotatable bonds is 3. The summed E-state index contributed by atoms with van der Waals surface area (Å²) in [6.45, 7) is 2.40. The van der Waals surface area contributed by atoms with Crippen molar-refractivity contribution in [3.05, 3.63) is 64.4 Å². The van der Waals surface area contributed by atoms with E-state index in [2.05, 4.69) is 10.3 Å². The SMILES string of the molecule is NCc1cc(C(=O)N2CCNCC2c2ccccc2Cl)ccn1. The van der Waals surface area contributed by atoms with Gasteiger partial charge in [0.25, 0.3) is 5.91 Å². The minimum Gasteiger partial charge on any atom is -0.329 e. The van der Waals surface area contributed by atoms with Gasteiger partial charge in [-0.15, -0.1) is 0 Å². The number of hydrogen-bond donors (Lipinski definition) is 2. The van der Waals surface area contributed by atoms with Crippen LogP contribution < -0.4 is 11.1 Å². The number of nitrogens with two attached hydrogens (primary N) is 1. The summed E-state index contributed by atoms with van der Waals surface area (Å²) in [4.78, 5) is 19.0. The lowest BCUT2D eigenvalue weighted by Crippen LogP contribution is -2.48. The van der Waals surface area contributed by atoms with Crippen molar-refractivity contribution in [3.8, 4) is 0 Å². The Morgan fingerprint density at radius 1 is 1.39 bits per heavy atom. The molecule has 3 rings (SSSR count). The topological polar surface area (TPSA) is 71.2 Å². The van der Waals surface area contributed by atoms with Crippen molar-refractivity contribution >= 4 is 17.5 Å². The summed E-state index contributed by atoms with van der Waals surface area (Å²) in [5.74, 6) is -0.0199. The number of aromatic nitrogens is 1. The smallest absolute Gasteiger partial charge is 0.254 e. The molecule has 1 unspecified atom stereocenters. The number of halogens is 1. The molecule has 3 N–H and O–H groups in total. The molecular weight excluding hydrogens is 312 g/mol. The Hall–Kier alpha value is -1.95. The highest BCUT2D eigenvalue weighted by Gasteiger charge is 2.29. The Kier molecular flexibility index (Phi) is 4.91. The molecule has 5 nitrogen and oxygen atoms in total. The van der Waals surface area contributed by atoms with Crippen LogP contribution in [0.2, 0.25) is 5.02 Å². The molecule has 1 aliphatic heterocycles. The largest absolute Gasteiger partial charge is 0.329 e. The van der Waals surface area contributed by atoms with Crippen molar-refractivity contribution in [2.45, 2.75) is 12.6 Å². The van der Waals surface area contributed by atoms with E-state index in [1.54, 1.807) is 18.3 Å². The first-order valence-electron chi connectivity index (χ1n) is 7.62. The third-order valence-corrected chi connectivity index (χ3v) is 4.39. The van der Waals surface area contributed by atoms with Crippen LogP contribution in [0, 0.1) is 0 Å². The molecule has 0 radical (unpaired) electrons. The van der Waals surface area contributed by atoms with Gasteiger partial charge in [0.1, 0.15) is 0 Å². The molecule has 120 valence electrons. The van der Waals surface area contributed by atoms with Gasteiger partial charge < -0.3 is 16.0 Å². The molecule has 1 aromatic heterocycles. The molecule has 23 heavy (non-hydrogen) atoms. The zero-order valence-corrected chi connectivity index (χ0v) is 13.5. The number of pyridine rings is 1. The fraction of sp³-hybridized carbons (Fsp3) is 0.294. The Labute approximate surface area is 140 Å². The van der Waals surface area contributed by atoms with Crippen LogP contribution in [0.15, 0.2) is 42.6 Å². The van der Waals surface area contributed by atoms with Gasteiger partial charge in [0.05, 0.1) is 11.7 Å². The van der Waals surface area contributed by atoms with Crippen LogP contribution in [0.3, 0.4) is 0 Å². The molecule has 1 aromatic carbocycles. The highest BCUT2D eigenvalue weighted by Crippen LogP contribution is 2.29. The Morgan fingerprint density at radius 2 is 2.22 bits per heavy atom. The molecule has 6 heteroatoms. The standard InChI is InChI=1S/C17H19ClN4O/c18-15-4-2-1-3-14(15)16-11-20-7-8-22(16)17(23)12-5-6-21-13(9-12)10-19/h1-6,9,16,20H,7-8,10-11,19H2. The van der Waals surface area contributed by atoms with E-state index < -0.39 is 0 Å². The van der Waals surface area contributed by atoms with Crippen LogP contribution >= 0.6 is 11.6 Å². The van der Waals surface area contributed by atoms with Gasteiger partial charge in [-0.1, -0.05) is 29.8 Å². The van der Waals surface area contributed by atoms with Crippen molar-refractivity contribution in [2.75, 3.05) is 19.6 Å². The predicted octanol–water partition coefficient (Wildman–Crippen LogP) is 1.98. The van der Waals surface area contributed by atoms with Crippen LogP contribution in [-0.4, -0.2) is 35.4 Å². The van der Waals surface area contributed by atoms with E-state index in [4.69, 9.17) is 17.3 Å². The fourth-order valence-electron chi connectivity index (χ4n) is 2.86. The fourth-order valence-corrected chi connectivity index (χ4v) is 3.12. The van der Waals surface area contributed by atoms with Gasteiger partial charge in [0.2, 0.25) is 0 Å². The van der Waals surface area contributed by atoms with E-state index in [9.17, 15) is 4.79 Å². The first-order valence-corrected chi connectivity index (χ1v) is 7.99. The molecule has 0 saturated carbocycles. The Bertz CT molecular complexity index is 706. The Balaban J connectivity index is 1.92. The normalized spacial score (nSPS) is 18.0. The molecule has 2 heterocycles. The third-order valence-electron chi connectivity index (χ3n) is 4.04. The number of benzene rings is 1. The molecule has 2 aromatic rings. The quantitative estimate of drug-likeness (QED) is 0.902. The van der Waals surface area contributed by atoms with E-state index >= 15 is 0 Å². The van der Waals surface area contributed by atoms with Crippen LogP contribution in [0.5, 0.6) is 0 Å². The second-order valence-electron chi connectivity index (χ2n) is 5.48. The lowest BCUT2D eigenvalue weighted by molar-refractivity contribution is 0.0634. The van der Waals surface area contributed by atoms with Crippen molar-refractivity contribution in [1.82, 2.24) is 15.2 Å². The predicted molar refractivity (Wildman–Crippen MR) is 90.2 cm³/mol. The van der Waals surface area contributed by atoms with Crippen molar-refractivity contribution in [1.29, 1.82) is 0 Å². The third kappa shape index (κ3) is 3.37. The maximum absolute atomic E-state index is 12.9. The number of nitrogens with zero attached hydrogens (tertiary/aromatic N) is 2. The minimum atomic E-state index is -0.0839. The van der Waals surface area contributed by atoms with Gasteiger partial charge in [0.15, 0.2) is 0 Å². The van der Waals surface area contributed by atoms with Crippen molar-refractivity contribution < 1.29 is 4.79 Å². The summed E-state index contributed by atoms with van der Waals surface area (Å²) in [7, 11) is 0. The molecule has 0 aliphatic carbocycles. The molecule has 0 bridgehead atoms. The highest BCUT2D eigenvalue weighted by atomic mass is 35.5. The number of hydrogen-bond acceptors (Lipinski definition) is 4. The van der Waals surface area contributed by atoms with Gasteiger partial charge in [-0.2, -0.15) is 0 Å². The average molecular weight is 331 g/mol. The van der Waals surface area contributed by atoms with E-state index in [1.807, 2.05) is 29.2 Å². The van der Waals surface area contributed by atoms with Gasteiger partial charge in [-0.05, 0) is 23.8 Å². The summed E-state index contributed by atoms with van der Waals surface area (Å²) in [6, 6.07) is 11.1. The van der Waals surface area contributed by atoms with Gasteiger partial charge >= 0.3 is 0 Å². The average Bonchev–Trinajstić information content (AvgIpc) is 2.61. The number of carbonyl (C=O) groups is 1.